The zero-order chi connectivity index (χ0) is 14.2. The molecule has 0 radical (unpaired) electrons. The van der Waals surface area contributed by atoms with Gasteiger partial charge in [-0.05, 0) is 36.4 Å². The molecule has 0 amide bonds. The fourth-order valence-electron chi connectivity index (χ4n) is 2.55. The minimum atomic E-state index is 0.862. The normalized spacial score (nSPS) is 11.1. The number of methoxy groups -OCH3 is 1. The fourth-order valence-corrected chi connectivity index (χ4v) is 3.61. The molecule has 0 N–H and O–H groups in total. The van der Waals surface area contributed by atoms with E-state index in [2.05, 4.69) is 35.3 Å². The lowest BCUT2D eigenvalue weighted by atomic mass is 10.1. The lowest BCUT2D eigenvalue weighted by Gasteiger charge is -2.03. The van der Waals surface area contributed by atoms with Crippen LogP contribution in [0.3, 0.4) is 0 Å². The fraction of sp³-hybridized carbons (Fsp3) is 0.0556. The largest absolute Gasteiger partial charge is 0.497 e. The third kappa shape index (κ3) is 2.06. The summed E-state index contributed by atoms with van der Waals surface area (Å²) in [7, 11) is 1.68. The average Bonchev–Trinajstić information content (AvgIpc) is 2.93. The van der Waals surface area contributed by atoms with E-state index in [0.29, 0.717) is 0 Å². The Bertz CT molecular complexity index is 925. The van der Waals surface area contributed by atoms with Crippen molar-refractivity contribution in [1.82, 2.24) is 4.98 Å². The Balaban J connectivity index is 1.90. The van der Waals surface area contributed by atoms with E-state index >= 15 is 0 Å². The van der Waals surface area contributed by atoms with Crippen LogP contribution in [-0.4, -0.2) is 12.1 Å². The molecule has 0 aliphatic heterocycles. The van der Waals surface area contributed by atoms with E-state index in [9.17, 15) is 0 Å². The zero-order valence-corrected chi connectivity index (χ0v) is 12.4. The molecule has 102 valence electrons. The Morgan fingerprint density at radius 3 is 2.52 bits per heavy atom. The van der Waals surface area contributed by atoms with Crippen molar-refractivity contribution in [3.8, 4) is 17.0 Å². The lowest BCUT2D eigenvalue weighted by Crippen LogP contribution is -1.85. The first kappa shape index (κ1) is 12.4. The molecule has 0 aliphatic rings. The zero-order valence-electron chi connectivity index (χ0n) is 11.5. The van der Waals surface area contributed by atoms with Crippen LogP contribution >= 0.6 is 11.3 Å². The van der Waals surface area contributed by atoms with Crippen molar-refractivity contribution in [1.29, 1.82) is 0 Å². The molecule has 3 heteroatoms. The molecule has 0 saturated carbocycles. The second-order valence-corrected chi connectivity index (χ2v) is 5.98. The minimum absolute atomic E-state index is 0.862. The second kappa shape index (κ2) is 4.86. The molecule has 0 spiro atoms. The van der Waals surface area contributed by atoms with E-state index in [1.165, 1.54) is 20.2 Å². The van der Waals surface area contributed by atoms with E-state index < -0.39 is 0 Å². The highest BCUT2D eigenvalue weighted by atomic mass is 32.1. The van der Waals surface area contributed by atoms with Crippen LogP contribution in [-0.2, 0) is 0 Å². The number of ether oxygens (including phenoxy) is 1. The number of hydrogen-bond acceptors (Lipinski definition) is 3. The number of aromatic nitrogens is 1. The monoisotopic (exact) mass is 291 g/mol. The molecule has 0 fully saturated rings. The van der Waals surface area contributed by atoms with Crippen molar-refractivity contribution in [3.05, 3.63) is 60.8 Å². The summed E-state index contributed by atoms with van der Waals surface area (Å²) in [6.45, 7) is 0. The van der Waals surface area contributed by atoms with Gasteiger partial charge in [0.2, 0.25) is 0 Å². The Morgan fingerprint density at radius 1 is 0.905 bits per heavy atom. The van der Waals surface area contributed by atoms with Gasteiger partial charge in [0.15, 0.2) is 0 Å². The molecular formula is C18H13NOS. The van der Waals surface area contributed by atoms with Crippen molar-refractivity contribution >= 4 is 31.5 Å². The van der Waals surface area contributed by atoms with Gasteiger partial charge >= 0.3 is 0 Å². The first-order valence-corrected chi connectivity index (χ1v) is 7.58. The van der Waals surface area contributed by atoms with Gasteiger partial charge in [0.25, 0.3) is 0 Å². The van der Waals surface area contributed by atoms with Gasteiger partial charge in [-0.1, -0.05) is 18.2 Å². The van der Waals surface area contributed by atoms with Gasteiger partial charge < -0.3 is 4.74 Å². The van der Waals surface area contributed by atoms with Crippen LogP contribution in [0.5, 0.6) is 5.75 Å². The molecule has 4 aromatic rings. The predicted octanol–water partition coefficient (Wildman–Crippen LogP) is 5.13. The van der Waals surface area contributed by atoms with Crippen LogP contribution < -0.4 is 4.74 Å². The molecule has 2 aromatic heterocycles. The summed E-state index contributed by atoms with van der Waals surface area (Å²) < 4.78 is 7.74. The molecule has 0 aliphatic carbocycles. The first-order valence-electron chi connectivity index (χ1n) is 6.77. The van der Waals surface area contributed by atoms with Crippen LogP contribution in [0, 0.1) is 0 Å². The maximum absolute atomic E-state index is 5.20. The predicted molar refractivity (Wildman–Crippen MR) is 89.1 cm³/mol. The molecule has 2 nitrogen and oxygen atoms in total. The number of pyridine rings is 1. The molecule has 0 atom stereocenters. The Kier molecular flexibility index (Phi) is 2.86. The summed E-state index contributed by atoms with van der Waals surface area (Å²) in [5, 5.41) is 2.58. The summed E-state index contributed by atoms with van der Waals surface area (Å²) in [5.74, 6) is 0.862. The van der Waals surface area contributed by atoms with Crippen LogP contribution in [0.4, 0.5) is 0 Å². The molecule has 0 unspecified atom stereocenters. The third-order valence-electron chi connectivity index (χ3n) is 3.65. The Hall–Kier alpha value is -2.39. The third-order valence-corrected chi connectivity index (χ3v) is 4.77. The minimum Gasteiger partial charge on any atom is -0.497 e. The van der Waals surface area contributed by atoms with Gasteiger partial charge in [0.1, 0.15) is 5.75 Å². The smallest absolute Gasteiger partial charge is 0.118 e. The molecule has 2 heterocycles. The van der Waals surface area contributed by atoms with Crippen LogP contribution in [0.25, 0.3) is 31.4 Å². The second-order valence-electron chi connectivity index (χ2n) is 4.89. The summed E-state index contributed by atoms with van der Waals surface area (Å²) in [4.78, 5) is 4.60. The van der Waals surface area contributed by atoms with Gasteiger partial charge in [-0.15, -0.1) is 11.3 Å². The van der Waals surface area contributed by atoms with E-state index in [0.717, 1.165) is 17.0 Å². The quantitative estimate of drug-likeness (QED) is 0.511. The first-order chi connectivity index (χ1) is 10.3. The highest BCUT2D eigenvalue weighted by molar-refractivity contribution is 7.25. The lowest BCUT2D eigenvalue weighted by molar-refractivity contribution is 0.415. The summed E-state index contributed by atoms with van der Waals surface area (Å²) in [6, 6.07) is 18.7. The maximum Gasteiger partial charge on any atom is 0.118 e. The topological polar surface area (TPSA) is 22.1 Å². The van der Waals surface area contributed by atoms with Crippen molar-refractivity contribution in [2.45, 2.75) is 0 Å². The summed E-state index contributed by atoms with van der Waals surface area (Å²) >= 11 is 1.79. The highest BCUT2D eigenvalue weighted by Crippen LogP contribution is 2.35. The molecule has 0 bridgehead atoms. The Morgan fingerprint density at radius 2 is 1.71 bits per heavy atom. The molecule has 4 rings (SSSR count). The van der Waals surface area contributed by atoms with Crippen molar-refractivity contribution in [2.24, 2.45) is 0 Å². The average molecular weight is 291 g/mol. The van der Waals surface area contributed by atoms with Gasteiger partial charge in [-0.2, -0.15) is 0 Å². The molecule has 21 heavy (non-hydrogen) atoms. The van der Waals surface area contributed by atoms with E-state index in [1.807, 2.05) is 30.5 Å². The van der Waals surface area contributed by atoms with E-state index in [4.69, 9.17) is 4.74 Å². The van der Waals surface area contributed by atoms with E-state index in [-0.39, 0.29) is 0 Å². The number of thiophene rings is 1. The van der Waals surface area contributed by atoms with Gasteiger partial charge in [-0.3, -0.25) is 4.98 Å². The molecule has 2 aromatic carbocycles. The van der Waals surface area contributed by atoms with Crippen molar-refractivity contribution in [3.63, 3.8) is 0 Å². The van der Waals surface area contributed by atoms with Crippen LogP contribution in [0.1, 0.15) is 0 Å². The number of rotatable bonds is 2. The van der Waals surface area contributed by atoms with Crippen LogP contribution in [0.2, 0.25) is 0 Å². The molecular weight excluding hydrogens is 278 g/mol. The number of nitrogens with zero attached hydrogens (tertiary/aromatic N) is 1. The standard InChI is InChI=1S/C18H13NOS/c1-20-13-8-6-12(7-9-13)16-10-15-14-4-2-3-5-17(14)21-18(15)11-19-16/h2-11H,1H3. The highest BCUT2D eigenvalue weighted by Gasteiger charge is 2.07. The van der Waals surface area contributed by atoms with Crippen molar-refractivity contribution in [2.75, 3.05) is 7.11 Å². The van der Waals surface area contributed by atoms with Gasteiger partial charge in [-0.25, -0.2) is 0 Å². The molecule has 0 saturated heterocycles. The van der Waals surface area contributed by atoms with E-state index in [1.54, 1.807) is 18.4 Å². The SMILES string of the molecule is COc1ccc(-c2cc3c(cn2)sc2ccccc23)cc1. The Labute approximate surface area is 126 Å². The van der Waals surface area contributed by atoms with Gasteiger partial charge in [0, 0.05) is 27.2 Å². The van der Waals surface area contributed by atoms with Crippen LogP contribution in [0.15, 0.2) is 60.8 Å². The maximum atomic E-state index is 5.20. The van der Waals surface area contributed by atoms with Crippen molar-refractivity contribution < 1.29 is 4.74 Å². The number of benzene rings is 2. The summed E-state index contributed by atoms with van der Waals surface area (Å²) in [5.41, 5.74) is 2.10. The van der Waals surface area contributed by atoms with Gasteiger partial charge in [0.05, 0.1) is 17.5 Å². The number of fused-ring (bicyclic) bond motifs is 3. The summed E-state index contributed by atoms with van der Waals surface area (Å²) in [6.07, 6.45) is 1.97. The number of hydrogen-bond donors (Lipinski definition) is 0.